The van der Waals surface area contributed by atoms with Crippen molar-refractivity contribution >= 4 is 17.5 Å². The summed E-state index contributed by atoms with van der Waals surface area (Å²) in [7, 11) is 0. The Hall–Kier alpha value is -1.29. The summed E-state index contributed by atoms with van der Waals surface area (Å²) in [4.78, 5) is 11.6. The highest BCUT2D eigenvalue weighted by Crippen LogP contribution is 2.22. The van der Waals surface area contributed by atoms with Crippen molar-refractivity contribution in [3.63, 3.8) is 0 Å². The lowest BCUT2D eigenvalue weighted by atomic mass is 10.3. The molecule has 1 atom stereocenters. The SMILES string of the molecule is C[C@H](Oc1ccc(F)c(Cl)c1)C(=O)NC1CC1. The molecule has 0 heterocycles. The van der Waals surface area contributed by atoms with Crippen molar-refractivity contribution in [2.24, 2.45) is 0 Å². The molecule has 1 N–H and O–H groups in total. The van der Waals surface area contributed by atoms with Gasteiger partial charge in [0.1, 0.15) is 11.6 Å². The number of benzene rings is 1. The van der Waals surface area contributed by atoms with Crippen LogP contribution in [-0.2, 0) is 4.79 Å². The van der Waals surface area contributed by atoms with Gasteiger partial charge in [-0.3, -0.25) is 4.79 Å². The van der Waals surface area contributed by atoms with E-state index in [1.54, 1.807) is 6.92 Å². The van der Waals surface area contributed by atoms with Gasteiger partial charge >= 0.3 is 0 Å². The van der Waals surface area contributed by atoms with Crippen molar-refractivity contribution in [3.05, 3.63) is 29.0 Å². The molecule has 1 fully saturated rings. The molecule has 0 radical (unpaired) electrons. The maximum Gasteiger partial charge on any atom is 0.260 e. The smallest absolute Gasteiger partial charge is 0.260 e. The lowest BCUT2D eigenvalue weighted by Gasteiger charge is -2.14. The molecule has 0 bridgehead atoms. The van der Waals surface area contributed by atoms with Crippen molar-refractivity contribution < 1.29 is 13.9 Å². The quantitative estimate of drug-likeness (QED) is 0.900. The van der Waals surface area contributed by atoms with Crippen LogP contribution in [0.2, 0.25) is 5.02 Å². The number of amides is 1. The predicted molar refractivity (Wildman–Crippen MR) is 62.7 cm³/mol. The summed E-state index contributed by atoms with van der Waals surface area (Å²) in [5.74, 6) is -0.281. The molecule has 0 spiro atoms. The molecule has 92 valence electrons. The summed E-state index contributed by atoms with van der Waals surface area (Å²) < 4.78 is 18.3. The first-order valence-electron chi connectivity index (χ1n) is 5.48. The van der Waals surface area contributed by atoms with Gasteiger partial charge in [0.2, 0.25) is 0 Å². The van der Waals surface area contributed by atoms with Crippen LogP contribution in [0.1, 0.15) is 19.8 Å². The van der Waals surface area contributed by atoms with E-state index in [1.165, 1.54) is 18.2 Å². The maximum absolute atomic E-state index is 12.9. The Labute approximate surface area is 104 Å². The van der Waals surface area contributed by atoms with Crippen molar-refractivity contribution in [3.8, 4) is 5.75 Å². The minimum absolute atomic E-state index is 0.0164. The highest BCUT2D eigenvalue weighted by Gasteiger charge is 2.26. The largest absolute Gasteiger partial charge is 0.481 e. The lowest BCUT2D eigenvalue weighted by Crippen LogP contribution is -2.37. The first-order valence-corrected chi connectivity index (χ1v) is 5.86. The van der Waals surface area contributed by atoms with Gasteiger partial charge in [0.05, 0.1) is 5.02 Å². The van der Waals surface area contributed by atoms with Crippen LogP contribution in [0, 0.1) is 5.82 Å². The van der Waals surface area contributed by atoms with E-state index < -0.39 is 11.9 Å². The average Bonchev–Trinajstić information content (AvgIpc) is 3.07. The minimum atomic E-state index is -0.614. The Morgan fingerprint density at radius 2 is 2.29 bits per heavy atom. The van der Waals surface area contributed by atoms with Crippen LogP contribution in [0.15, 0.2) is 18.2 Å². The predicted octanol–water partition coefficient (Wildman–Crippen LogP) is 2.53. The number of nitrogens with one attached hydrogen (secondary N) is 1. The van der Waals surface area contributed by atoms with E-state index in [4.69, 9.17) is 16.3 Å². The average molecular weight is 258 g/mol. The molecular weight excluding hydrogens is 245 g/mol. The van der Waals surface area contributed by atoms with E-state index >= 15 is 0 Å². The van der Waals surface area contributed by atoms with Gasteiger partial charge in [0, 0.05) is 12.1 Å². The van der Waals surface area contributed by atoms with E-state index in [1.807, 2.05) is 0 Å². The van der Waals surface area contributed by atoms with E-state index in [0.29, 0.717) is 11.8 Å². The van der Waals surface area contributed by atoms with Gasteiger partial charge < -0.3 is 10.1 Å². The molecule has 1 aliphatic rings. The van der Waals surface area contributed by atoms with Gasteiger partial charge in [-0.1, -0.05) is 11.6 Å². The van der Waals surface area contributed by atoms with Crippen molar-refractivity contribution in [2.75, 3.05) is 0 Å². The molecule has 0 saturated heterocycles. The molecule has 1 aliphatic carbocycles. The zero-order valence-corrected chi connectivity index (χ0v) is 10.1. The molecule has 3 nitrogen and oxygen atoms in total. The first-order chi connectivity index (χ1) is 8.06. The maximum atomic E-state index is 12.9. The fourth-order valence-corrected chi connectivity index (χ4v) is 1.52. The topological polar surface area (TPSA) is 38.3 Å². The van der Waals surface area contributed by atoms with Gasteiger partial charge in [-0.05, 0) is 31.9 Å². The van der Waals surface area contributed by atoms with E-state index in [9.17, 15) is 9.18 Å². The van der Waals surface area contributed by atoms with Crippen molar-refractivity contribution in [1.29, 1.82) is 0 Å². The van der Waals surface area contributed by atoms with E-state index in [-0.39, 0.29) is 10.9 Å². The molecule has 0 unspecified atom stereocenters. The Morgan fingerprint density at radius 3 is 2.88 bits per heavy atom. The van der Waals surface area contributed by atoms with Crippen LogP contribution >= 0.6 is 11.6 Å². The van der Waals surface area contributed by atoms with Gasteiger partial charge in [-0.15, -0.1) is 0 Å². The zero-order valence-electron chi connectivity index (χ0n) is 9.37. The third kappa shape index (κ3) is 3.33. The van der Waals surface area contributed by atoms with Crippen LogP contribution in [0.25, 0.3) is 0 Å². The zero-order chi connectivity index (χ0) is 12.4. The summed E-state index contributed by atoms with van der Waals surface area (Å²) in [5, 5.41) is 2.81. The second-order valence-corrected chi connectivity index (χ2v) is 4.53. The number of rotatable bonds is 4. The molecule has 5 heteroatoms. The molecule has 1 aromatic carbocycles. The molecule has 1 amide bonds. The van der Waals surface area contributed by atoms with Gasteiger partial charge in [0.25, 0.3) is 5.91 Å². The summed E-state index contributed by atoms with van der Waals surface area (Å²) in [6.45, 7) is 1.65. The molecule has 2 rings (SSSR count). The minimum Gasteiger partial charge on any atom is -0.481 e. The van der Waals surface area contributed by atoms with Crippen LogP contribution in [-0.4, -0.2) is 18.1 Å². The highest BCUT2D eigenvalue weighted by atomic mass is 35.5. The Kier molecular flexibility index (Phi) is 3.52. The van der Waals surface area contributed by atoms with E-state index in [2.05, 4.69) is 5.32 Å². The Balaban J connectivity index is 1.94. The van der Waals surface area contributed by atoms with Crippen LogP contribution < -0.4 is 10.1 Å². The van der Waals surface area contributed by atoms with Gasteiger partial charge in [-0.2, -0.15) is 0 Å². The molecule has 1 aromatic rings. The Morgan fingerprint density at radius 1 is 1.59 bits per heavy atom. The number of hydrogen-bond donors (Lipinski definition) is 1. The standard InChI is InChI=1S/C12H13ClFNO2/c1-7(12(16)15-8-2-3-8)17-9-4-5-11(14)10(13)6-9/h4-8H,2-3H2,1H3,(H,15,16)/t7-/m0/s1. The summed E-state index contributed by atoms with van der Waals surface area (Å²) in [6.07, 6.45) is 1.44. The monoisotopic (exact) mass is 257 g/mol. The van der Waals surface area contributed by atoms with Crippen LogP contribution in [0.3, 0.4) is 0 Å². The van der Waals surface area contributed by atoms with Gasteiger partial charge in [-0.25, -0.2) is 4.39 Å². The highest BCUT2D eigenvalue weighted by molar-refractivity contribution is 6.30. The summed E-state index contributed by atoms with van der Waals surface area (Å²) >= 11 is 5.62. The molecule has 0 aliphatic heterocycles. The van der Waals surface area contributed by atoms with E-state index in [0.717, 1.165) is 12.8 Å². The fourth-order valence-electron chi connectivity index (χ4n) is 1.35. The number of ether oxygens (including phenoxy) is 1. The Bertz CT molecular complexity index is 435. The number of halogens is 2. The number of carbonyl (C=O) groups excluding carboxylic acids is 1. The molecule has 0 aromatic heterocycles. The second-order valence-electron chi connectivity index (χ2n) is 4.12. The van der Waals surface area contributed by atoms with Crippen LogP contribution in [0.4, 0.5) is 4.39 Å². The lowest BCUT2D eigenvalue weighted by molar-refractivity contribution is -0.127. The number of hydrogen-bond acceptors (Lipinski definition) is 2. The molecule has 17 heavy (non-hydrogen) atoms. The second kappa shape index (κ2) is 4.92. The third-order valence-electron chi connectivity index (χ3n) is 2.50. The summed E-state index contributed by atoms with van der Waals surface area (Å²) in [6, 6.07) is 4.31. The molecular formula is C12H13ClFNO2. The van der Waals surface area contributed by atoms with Crippen LogP contribution in [0.5, 0.6) is 5.75 Å². The number of carbonyl (C=O) groups is 1. The fraction of sp³-hybridized carbons (Fsp3) is 0.417. The summed E-state index contributed by atoms with van der Waals surface area (Å²) in [5.41, 5.74) is 0. The van der Waals surface area contributed by atoms with Crippen molar-refractivity contribution in [2.45, 2.75) is 31.9 Å². The van der Waals surface area contributed by atoms with Gasteiger partial charge in [0.15, 0.2) is 6.10 Å². The first kappa shape index (κ1) is 12.2. The third-order valence-corrected chi connectivity index (χ3v) is 2.79. The normalized spacial score (nSPS) is 16.4. The molecule has 1 saturated carbocycles. The van der Waals surface area contributed by atoms with Crippen molar-refractivity contribution in [1.82, 2.24) is 5.32 Å².